The van der Waals surface area contributed by atoms with E-state index in [1.807, 2.05) is 18.4 Å². The second kappa shape index (κ2) is 8.44. The van der Waals surface area contributed by atoms with Gasteiger partial charge in [0, 0.05) is 18.0 Å². The molecule has 0 radical (unpaired) electrons. The Morgan fingerprint density at radius 1 is 1.19 bits per heavy atom. The van der Waals surface area contributed by atoms with Gasteiger partial charge in [-0.3, -0.25) is 0 Å². The first-order chi connectivity index (χ1) is 13.2. The van der Waals surface area contributed by atoms with Gasteiger partial charge >= 0.3 is 0 Å². The first kappa shape index (κ1) is 19.1. The van der Waals surface area contributed by atoms with Crippen LogP contribution in [0.1, 0.15) is 81.6 Å². The monoisotopic (exact) mass is 387 g/mol. The third-order valence-electron chi connectivity index (χ3n) is 6.83. The van der Waals surface area contributed by atoms with E-state index in [1.165, 1.54) is 60.8 Å². The van der Waals surface area contributed by atoms with E-state index >= 15 is 0 Å². The van der Waals surface area contributed by atoms with Gasteiger partial charge in [0.2, 0.25) is 0 Å². The number of fused-ring (bicyclic) bond motifs is 3. The average Bonchev–Trinajstić information content (AvgIpc) is 3.26. The molecular weight excluding hydrogens is 354 g/mol. The topological polar surface area (TPSA) is 47.0 Å². The predicted octanol–water partition coefficient (Wildman–Crippen LogP) is 5.92. The maximum absolute atomic E-state index is 5.69. The molecule has 1 fully saturated rings. The third kappa shape index (κ3) is 3.86. The number of anilines is 1. The van der Waals surface area contributed by atoms with Crippen LogP contribution in [0.4, 0.5) is 5.82 Å². The number of aromatic nitrogens is 2. The van der Waals surface area contributed by atoms with Crippen molar-refractivity contribution in [1.82, 2.24) is 9.97 Å². The van der Waals surface area contributed by atoms with Crippen molar-refractivity contribution in [3.63, 3.8) is 0 Å². The van der Waals surface area contributed by atoms with Gasteiger partial charge in [-0.25, -0.2) is 9.97 Å². The summed E-state index contributed by atoms with van der Waals surface area (Å²) >= 11 is 1.88. The van der Waals surface area contributed by atoms with E-state index in [2.05, 4.69) is 24.1 Å². The van der Waals surface area contributed by atoms with Crippen LogP contribution in [0.5, 0.6) is 0 Å². The van der Waals surface area contributed by atoms with Gasteiger partial charge in [-0.15, -0.1) is 11.3 Å². The quantitative estimate of drug-likeness (QED) is 0.641. The number of aryl methyl sites for hydroxylation is 1. The van der Waals surface area contributed by atoms with Gasteiger partial charge < -0.3 is 10.1 Å². The Bertz CT molecular complexity index is 762. The normalized spacial score (nSPS) is 26.3. The van der Waals surface area contributed by atoms with E-state index in [0.29, 0.717) is 18.1 Å². The summed E-state index contributed by atoms with van der Waals surface area (Å²) in [6.07, 6.45) is 13.3. The number of thiophene rings is 1. The van der Waals surface area contributed by atoms with E-state index in [1.54, 1.807) is 6.33 Å². The summed E-state index contributed by atoms with van der Waals surface area (Å²) < 4.78 is 5.69. The second-order valence-corrected chi connectivity index (χ2v) is 9.43. The Kier molecular flexibility index (Phi) is 5.98. The minimum atomic E-state index is 0.348. The average molecular weight is 388 g/mol. The van der Waals surface area contributed by atoms with Gasteiger partial charge in [-0.05, 0) is 68.8 Å². The first-order valence-corrected chi connectivity index (χ1v) is 11.6. The zero-order valence-electron chi connectivity index (χ0n) is 17.0. The highest BCUT2D eigenvalue weighted by Gasteiger charge is 2.31. The number of nitrogens with one attached hydrogen (secondary N) is 1. The van der Waals surface area contributed by atoms with Gasteiger partial charge in [-0.2, -0.15) is 0 Å². The fraction of sp³-hybridized carbons (Fsp3) is 0.727. The zero-order valence-corrected chi connectivity index (χ0v) is 17.8. The molecule has 0 saturated heterocycles. The van der Waals surface area contributed by atoms with Crippen LogP contribution in [-0.2, 0) is 11.2 Å². The van der Waals surface area contributed by atoms with Crippen molar-refractivity contribution in [2.75, 3.05) is 12.4 Å². The molecule has 2 aromatic rings. The Hall–Kier alpha value is -1.20. The maximum Gasteiger partial charge on any atom is 0.138 e. The van der Waals surface area contributed by atoms with Gasteiger partial charge in [0.1, 0.15) is 17.0 Å². The van der Waals surface area contributed by atoms with Crippen LogP contribution in [0.3, 0.4) is 0 Å². The highest BCUT2D eigenvalue weighted by molar-refractivity contribution is 7.19. The van der Waals surface area contributed by atoms with Crippen LogP contribution < -0.4 is 5.32 Å². The summed E-state index contributed by atoms with van der Waals surface area (Å²) in [7, 11) is 1.85. The summed E-state index contributed by atoms with van der Waals surface area (Å²) in [5.41, 5.74) is 1.52. The lowest BCUT2D eigenvalue weighted by molar-refractivity contribution is 0.0858. The van der Waals surface area contributed by atoms with Crippen molar-refractivity contribution in [1.29, 1.82) is 0 Å². The SMILES string of the molecule is CCC1CCC(Nc2ncnc3sc4c(c23)[C@@H](C[C@@H](CC)OC)CC4)CC1. The largest absolute Gasteiger partial charge is 0.381 e. The van der Waals surface area contributed by atoms with Crippen molar-refractivity contribution in [3.8, 4) is 0 Å². The minimum absolute atomic E-state index is 0.348. The molecule has 5 heteroatoms. The van der Waals surface area contributed by atoms with E-state index in [4.69, 9.17) is 9.72 Å². The maximum atomic E-state index is 5.69. The number of rotatable bonds is 7. The number of hydrogen-bond acceptors (Lipinski definition) is 5. The molecular formula is C22H33N3OS. The lowest BCUT2D eigenvalue weighted by Gasteiger charge is -2.29. The van der Waals surface area contributed by atoms with Crippen LogP contribution >= 0.6 is 11.3 Å². The van der Waals surface area contributed by atoms with Crippen molar-refractivity contribution in [3.05, 3.63) is 16.8 Å². The van der Waals surface area contributed by atoms with Crippen LogP contribution in [0.15, 0.2) is 6.33 Å². The highest BCUT2D eigenvalue weighted by Crippen LogP contribution is 2.47. The summed E-state index contributed by atoms with van der Waals surface area (Å²) in [6, 6.07) is 0.559. The molecule has 148 valence electrons. The fourth-order valence-corrected chi connectivity index (χ4v) is 6.31. The Labute approximate surface area is 167 Å². The van der Waals surface area contributed by atoms with Crippen molar-refractivity contribution in [2.45, 2.75) is 89.7 Å². The summed E-state index contributed by atoms with van der Waals surface area (Å²) in [6.45, 7) is 4.54. The molecule has 2 aliphatic rings. The Morgan fingerprint density at radius 2 is 2.00 bits per heavy atom. The third-order valence-corrected chi connectivity index (χ3v) is 8.00. The highest BCUT2D eigenvalue weighted by atomic mass is 32.1. The Balaban J connectivity index is 1.59. The van der Waals surface area contributed by atoms with Crippen molar-refractivity contribution < 1.29 is 4.74 Å². The molecule has 0 aliphatic heterocycles. The molecule has 27 heavy (non-hydrogen) atoms. The summed E-state index contributed by atoms with van der Waals surface area (Å²) in [5.74, 6) is 2.58. The molecule has 1 N–H and O–H groups in total. The van der Waals surface area contributed by atoms with Gasteiger partial charge in [0.15, 0.2) is 0 Å². The summed E-state index contributed by atoms with van der Waals surface area (Å²) in [5, 5.41) is 5.12. The molecule has 2 heterocycles. The van der Waals surface area contributed by atoms with Crippen LogP contribution in [0.2, 0.25) is 0 Å². The molecule has 0 aromatic carbocycles. The number of methoxy groups -OCH3 is 1. The van der Waals surface area contributed by atoms with Crippen molar-refractivity contribution in [2.24, 2.45) is 5.92 Å². The fourth-order valence-electron chi connectivity index (χ4n) is 5.07. The van der Waals surface area contributed by atoms with Gasteiger partial charge in [0.25, 0.3) is 0 Å². The molecule has 0 amide bonds. The number of hydrogen-bond donors (Lipinski definition) is 1. The summed E-state index contributed by atoms with van der Waals surface area (Å²) in [4.78, 5) is 12.0. The number of ether oxygens (including phenoxy) is 1. The molecule has 0 bridgehead atoms. The molecule has 0 unspecified atom stereocenters. The van der Waals surface area contributed by atoms with Crippen LogP contribution in [-0.4, -0.2) is 29.2 Å². The van der Waals surface area contributed by atoms with Crippen LogP contribution in [0, 0.1) is 5.92 Å². The predicted molar refractivity (Wildman–Crippen MR) is 114 cm³/mol. The Morgan fingerprint density at radius 3 is 2.70 bits per heavy atom. The standard InChI is InChI=1S/C22H33N3OS/c1-4-14-6-9-16(10-7-14)25-21-20-19-15(12-17(5-2)26-3)8-11-18(19)27-22(20)24-13-23-21/h13-17H,4-12H2,1-3H3,(H,23,24,25)/t14?,15-,16?,17-/m1/s1. The van der Waals surface area contributed by atoms with Gasteiger partial charge in [-0.1, -0.05) is 20.3 Å². The van der Waals surface area contributed by atoms with Gasteiger partial charge in [0.05, 0.1) is 11.5 Å². The lowest BCUT2D eigenvalue weighted by atomic mass is 9.84. The molecule has 4 nitrogen and oxygen atoms in total. The second-order valence-electron chi connectivity index (χ2n) is 8.35. The van der Waals surface area contributed by atoms with Crippen molar-refractivity contribution >= 4 is 27.4 Å². The molecule has 4 rings (SSSR count). The number of nitrogens with zero attached hydrogens (tertiary/aromatic N) is 2. The molecule has 2 atom stereocenters. The minimum Gasteiger partial charge on any atom is -0.381 e. The van der Waals surface area contributed by atoms with E-state index in [9.17, 15) is 0 Å². The molecule has 0 spiro atoms. The zero-order chi connectivity index (χ0) is 18.8. The van der Waals surface area contributed by atoms with E-state index in [0.717, 1.165) is 29.4 Å². The lowest BCUT2D eigenvalue weighted by Crippen LogP contribution is -2.26. The molecule has 2 aromatic heterocycles. The van der Waals surface area contributed by atoms with Crippen LogP contribution in [0.25, 0.3) is 10.2 Å². The van der Waals surface area contributed by atoms with E-state index < -0.39 is 0 Å². The van der Waals surface area contributed by atoms with E-state index in [-0.39, 0.29) is 0 Å². The molecule has 1 saturated carbocycles. The smallest absolute Gasteiger partial charge is 0.138 e. The molecule has 2 aliphatic carbocycles. The first-order valence-electron chi connectivity index (χ1n) is 10.8.